The van der Waals surface area contributed by atoms with Crippen LogP contribution in [-0.2, 0) is 0 Å². The van der Waals surface area contributed by atoms with E-state index in [9.17, 15) is 0 Å². The highest BCUT2D eigenvalue weighted by molar-refractivity contribution is 5.98. The molecular weight excluding hydrogens is 274 g/mol. The summed E-state index contributed by atoms with van der Waals surface area (Å²) in [6.45, 7) is 11.3. The fourth-order valence-electron chi connectivity index (χ4n) is 3.02. The smallest absolute Gasteiger partial charge is 0.141 e. The number of hydrogen-bond acceptors (Lipinski definition) is 4. The van der Waals surface area contributed by atoms with Gasteiger partial charge >= 0.3 is 0 Å². The summed E-state index contributed by atoms with van der Waals surface area (Å²) < 4.78 is 5.31. The molecule has 1 aromatic heterocycles. The molecule has 4 nitrogen and oxygen atoms in total. The fourth-order valence-corrected chi connectivity index (χ4v) is 3.02. The van der Waals surface area contributed by atoms with Gasteiger partial charge in [0.2, 0.25) is 0 Å². The van der Waals surface area contributed by atoms with Crippen molar-refractivity contribution in [1.29, 1.82) is 0 Å². The Morgan fingerprint density at radius 3 is 2.68 bits per heavy atom. The van der Waals surface area contributed by atoms with Gasteiger partial charge in [-0.3, -0.25) is 4.99 Å². The number of anilines is 1. The first-order valence-electron chi connectivity index (χ1n) is 7.90. The molecule has 1 unspecified atom stereocenters. The van der Waals surface area contributed by atoms with E-state index >= 15 is 0 Å². The Balaban J connectivity index is 2.12. The monoisotopic (exact) mass is 297 g/mol. The van der Waals surface area contributed by atoms with Crippen LogP contribution >= 0.6 is 0 Å². The quantitative estimate of drug-likeness (QED) is 0.884. The molecule has 0 spiro atoms. The topological polar surface area (TPSA) is 50.4 Å². The van der Waals surface area contributed by atoms with Gasteiger partial charge in [-0.2, -0.15) is 0 Å². The maximum absolute atomic E-state index is 5.31. The normalized spacial score (nSPS) is 15.0. The van der Waals surface area contributed by atoms with Crippen LogP contribution in [0.2, 0.25) is 0 Å². The Labute approximate surface area is 131 Å². The second kappa shape index (κ2) is 5.59. The van der Waals surface area contributed by atoms with Crippen LogP contribution < -0.4 is 5.32 Å². The molecule has 0 fully saturated rings. The second-order valence-electron chi connectivity index (χ2n) is 6.15. The third-order valence-electron chi connectivity index (χ3n) is 4.53. The number of hydrogen-bond donors (Lipinski definition) is 1. The number of benzene rings is 1. The van der Waals surface area contributed by atoms with Crippen LogP contribution in [0.1, 0.15) is 37.3 Å². The van der Waals surface area contributed by atoms with E-state index < -0.39 is 0 Å². The van der Waals surface area contributed by atoms with Crippen molar-refractivity contribution in [3.8, 4) is 11.1 Å². The summed E-state index contributed by atoms with van der Waals surface area (Å²) in [6.07, 6.45) is 1.11. The maximum atomic E-state index is 5.31. The molecule has 1 N–H and O–H groups in total. The lowest BCUT2D eigenvalue weighted by atomic mass is 9.97. The average molecular weight is 297 g/mol. The van der Waals surface area contributed by atoms with Crippen molar-refractivity contribution in [2.24, 2.45) is 10.9 Å². The minimum absolute atomic E-state index is 0.503. The Morgan fingerprint density at radius 1 is 1.27 bits per heavy atom. The lowest BCUT2D eigenvalue weighted by Crippen LogP contribution is -2.24. The van der Waals surface area contributed by atoms with Gasteiger partial charge in [-0.1, -0.05) is 19.0 Å². The number of nitrogens with one attached hydrogen (secondary N) is 1. The highest BCUT2D eigenvalue weighted by Crippen LogP contribution is 2.38. The van der Waals surface area contributed by atoms with Crippen molar-refractivity contribution in [3.05, 3.63) is 29.2 Å². The molecule has 1 aromatic carbocycles. The van der Waals surface area contributed by atoms with Crippen molar-refractivity contribution in [1.82, 2.24) is 5.16 Å². The molecule has 0 radical (unpaired) electrons. The van der Waals surface area contributed by atoms with Gasteiger partial charge < -0.3 is 9.84 Å². The van der Waals surface area contributed by atoms with Crippen LogP contribution in [0.5, 0.6) is 0 Å². The minimum atomic E-state index is 0.503. The standard InChI is InChI=1S/C18H23N3O/c1-6-10(2)16-9-19-18-11(3)7-14(8-15(18)20-16)17-12(4)21-22-13(17)5/h7-8,10,19H,6,9H2,1-5H3. The molecule has 1 aliphatic heterocycles. The highest BCUT2D eigenvalue weighted by Gasteiger charge is 2.20. The van der Waals surface area contributed by atoms with E-state index in [1.165, 1.54) is 11.3 Å². The lowest BCUT2D eigenvalue weighted by molar-refractivity contribution is 0.393. The van der Waals surface area contributed by atoms with Gasteiger partial charge in [0, 0.05) is 11.3 Å². The molecule has 0 saturated carbocycles. The number of nitrogens with zero attached hydrogens (tertiary/aromatic N) is 2. The molecule has 2 heterocycles. The molecule has 0 saturated heterocycles. The van der Waals surface area contributed by atoms with E-state index in [0.29, 0.717) is 5.92 Å². The zero-order chi connectivity index (χ0) is 15.9. The van der Waals surface area contributed by atoms with Gasteiger partial charge in [0.1, 0.15) is 5.76 Å². The van der Waals surface area contributed by atoms with Crippen molar-refractivity contribution < 1.29 is 4.52 Å². The van der Waals surface area contributed by atoms with Crippen LogP contribution in [0.25, 0.3) is 11.1 Å². The van der Waals surface area contributed by atoms with Gasteiger partial charge in [0.25, 0.3) is 0 Å². The Kier molecular flexibility index (Phi) is 3.77. The molecular formula is C18H23N3O. The maximum Gasteiger partial charge on any atom is 0.141 e. The first-order valence-corrected chi connectivity index (χ1v) is 7.90. The van der Waals surface area contributed by atoms with Crippen LogP contribution in [0.15, 0.2) is 21.6 Å². The van der Waals surface area contributed by atoms with Gasteiger partial charge in [-0.25, -0.2) is 0 Å². The van der Waals surface area contributed by atoms with E-state index in [1.807, 2.05) is 13.8 Å². The summed E-state index contributed by atoms with van der Waals surface area (Å²) in [5.41, 5.74) is 7.73. The summed E-state index contributed by atoms with van der Waals surface area (Å²) in [5, 5.41) is 7.59. The van der Waals surface area contributed by atoms with E-state index in [1.54, 1.807) is 0 Å². The fraction of sp³-hybridized carbons (Fsp3) is 0.444. The van der Waals surface area contributed by atoms with Crippen LogP contribution in [0.4, 0.5) is 11.4 Å². The van der Waals surface area contributed by atoms with Crippen molar-refractivity contribution in [2.75, 3.05) is 11.9 Å². The number of aromatic nitrogens is 1. The summed E-state index contributed by atoms with van der Waals surface area (Å²) in [4.78, 5) is 4.91. The Hall–Kier alpha value is -2.10. The number of aryl methyl sites for hydroxylation is 3. The van der Waals surface area contributed by atoms with Gasteiger partial charge in [-0.05, 0) is 56.4 Å². The highest BCUT2D eigenvalue weighted by atomic mass is 16.5. The summed E-state index contributed by atoms with van der Waals surface area (Å²) in [6, 6.07) is 4.32. The predicted molar refractivity (Wildman–Crippen MR) is 91.2 cm³/mol. The third kappa shape index (κ3) is 2.43. The summed E-state index contributed by atoms with van der Waals surface area (Å²) >= 11 is 0. The van der Waals surface area contributed by atoms with Gasteiger partial charge in [-0.15, -0.1) is 0 Å². The molecule has 1 aliphatic rings. The molecule has 0 aliphatic carbocycles. The van der Waals surface area contributed by atoms with Crippen molar-refractivity contribution in [2.45, 2.75) is 41.0 Å². The molecule has 2 aromatic rings. The SMILES string of the molecule is CCC(C)C1=Nc2cc(-c3c(C)noc3C)cc(C)c2NC1. The molecule has 3 rings (SSSR count). The van der Waals surface area contributed by atoms with E-state index in [0.717, 1.165) is 46.9 Å². The number of aliphatic imine (C=N–C) groups is 1. The van der Waals surface area contributed by atoms with Gasteiger partial charge in [0.05, 0.1) is 23.6 Å². The zero-order valence-electron chi connectivity index (χ0n) is 13.9. The van der Waals surface area contributed by atoms with Crippen molar-refractivity contribution >= 4 is 17.1 Å². The van der Waals surface area contributed by atoms with E-state index in [-0.39, 0.29) is 0 Å². The first-order chi connectivity index (χ1) is 10.5. The number of rotatable bonds is 3. The summed E-state index contributed by atoms with van der Waals surface area (Å²) in [5.74, 6) is 1.36. The summed E-state index contributed by atoms with van der Waals surface area (Å²) in [7, 11) is 0. The average Bonchev–Trinajstić information content (AvgIpc) is 2.84. The van der Waals surface area contributed by atoms with E-state index in [4.69, 9.17) is 9.52 Å². The second-order valence-corrected chi connectivity index (χ2v) is 6.15. The first kappa shape index (κ1) is 14.8. The minimum Gasteiger partial charge on any atom is -0.378 e. The van der Waals surface area contributed by atoms with Crippen LogP contribution in [0, 0.1) is 26.7 Å². The third-order valence-corrected chi connectivity index (χ3v) is 4.53. The Bertz CT molecular complexity index is 724. The molecule has 1 atom stereocenters. The molecule has 4 heteroatoms. The lowest BCUT2D eigenvalue weighted by Gasteiger charge is -2.23. The molecule has 22 heavy (non-hydrogen) atoms. The van der Waals surface area contributed by atoms with Crippen LogP contribution in [0.3, 0.4) is 0 Å². The molecule has 0 bridgehead atoms. The van der Waals surface area contributed by atoms with Gasteiger partial charge in [0.15, 0.2) is 0 Å². The molecule has 0 amide bonds. The van der Waals surface area contributed by atoms with Crippen molar-refractivity contribution in [3.63, 3.8) is 0 Å². The zero-order valence-corrected chi connectivity index (χ0v) is 13.9. The van der Waals surface area contributed by atoms with E-state index in [2.05, 4.69) is 43.4 Å². The Morgan fingerprint density at radius 2 is 2.05 bits per heavy atom. The molecule has 116 valence electrons. The number of fused-ring (bicyclic) bond motifs is 1. The largest absolute Gasteiger partial charge is 0.378 e. The van der Waals surface area contributed by atoms with Crippen LogP contribution in [-0.4, -0.2) is 17.4 Å². The predicted octanol–water partition coefficient (Wildman–Crippen LogP) is 4.81.